The summed E-state index contributed by atoms with van der Waals surface area (Å²) < 4.78 is 84.5. The van der Waals surface area contributed by atoms with Gasteiger partial charge in [0.1, 0.15) is 28.1 Å². The third-order valence-corrected chi connectivity index (χ3v) is 9.59. The molecule has 2 unspecified atom stereocenters. The number of imide groups is 1. The summed E-state index contributed by atoms with van der Waals surface area (Å²) in [5.41, 5.74) is -6.02. The number of carbonyl (C=O) groups is 3. The number of hydrogen-bond acceptors (Lipinski definition) is 13. The molecule has 2 aliphatic heterocycles. The van der Waals surface area contributed by atoms with Crippen LogP contribution in [-0.4, -0.2) is 92.2 Å². The molecule has 6 rings (SSSR count). The van der Waals surface area contributed by atoms with Gasteiger partial charge in [-0.1, -0.05) is 0 Å². The van der Waals surface area contributed by atoms with Gasteiger partial charge in [-0.15, -0.1) is 16.2 Å². The van der Waals surface area contributed by atoms with Crippen LogP contribution in [-0.2, 0) is 20.4 Å². The van der Waals surface area contributed by atoms with Gasteiger partial charge < -0.3 is 23.8 Å². The highest BCUT2D eigenvalue weighted by atomic mass is 32.1. The minimum Gasteiger partial charge on any atom is -0.467 e. The van der Waals surface area contributed by atoms with Crippen molar-refractivity contribution in [2.75, 3.05) is 30.0 Å². The lowest BCUT2D eigenvalue weighted by Gasteiger charge is -2.42. The van der Waals surface area contributed by atoms with Gasteiger partial charge in [-0.2, -0.15) is 23.1 Å². The summed E-state index contributed by atoms with van der Waals surface area (Å²) in [4.78, 5) is 60.6. The molecule has 0 N–H and O–H groups in total. The topological polar surface area (TPSA) is 149 Å². The van der Waals surface area contributed by atoms with Crippen molar-refractivity contribution in [1.29, 1.82) is 0 Å². The Bertz CT molecular complexity index is 2170. The van der Waals surface area contributed by atoms with Crippen LogP contribution in [0.3, 0.4) is 0 Å². The van der Waals surface area contributed by atoms with Crippen molar-refractivity contribution in [3.63, 3.8) is 0 Å². The molecule has 2 fully saturated rings. The number of nitrogens with zero attached hydrogens (tertiary/aromatic N) is 7. The van der Waals surface area contributed by atoms with E-state index in [-0.39, 0.29) is 58.2 Å². The van der Waals surface area contributed by atoms with E-state index in [0.717, 1.165) is 17.4 Å². The van der Waals surface area contributed by atoms with E-state index < -0.39 is 69.7 Å². The Morgan fingerprint density at radius 2 is 1.41 bits per heavy atom. The van der Waals surface area contributed by atoms with Gasteiger partial charge in [0.2, 0.25) is 5.95 Å². The van der Waals surface area contributed by atoms with Crippen molar-refractivity contribution in [3.8, 4) is 17.1 Å². The first-order valence-corrected chi connectivity index (χ1v) is 18.7. The van der Waals surface area contributed by atoms with E-state index in [0.29, 0.717) is 17.7 Å². The van der Waals surface area contributed by atoms with Crippen LogP contribution in [0.5, 0.6) is 6.01 Å². The minimum atomic E-state index is -5.10. The fourth-order valence-corrected chi connectivity index (χ4v) is 7.51. The van der Waals surface area contributed by atoms with E-state index in [9.17, 15) is 14.4 Å². The third-order valence-electron chi connectivity index (χ3n) is 8.69. The molecular formula is C37H43F4N7O7S. The maximum absolute atomic E-state index is 17.1. The molecule has 0 spiro atoms. The van der Waals surface area contributed by atoms with Crippen molar-refractivity contribution in [2.24, 2.45) is 0 Å². The molecule has 2 aliphatic rings. The molecule has 302 valence electrons. The van der Waals surface area contributed by atoms with Crippen LogP contribution in [0, 0.1) is 5.82 Å². The number of alkyl halides is 3. The predicted molar refractivity (Wildman–Crippen MR) is 200 cm³/mol. The van der Waals surface area contributed by atoms with Gasteiger partial charge in [-0.3, -0.25) is 4.90 Å². The number of piperazine rings is 1. The smallest absolute Gasteiger partial charge is 0.427 e. The zero-order chi connectivity index (χ0) is 41.3. The van der Waals surface area contributed by atoms with Crippen LogP contribution >= 0.6 is 11.3 Å². The Kier molecular flexibility index (Phi) is 10.3. The molecule has 2 saturated heterocycles. The maximum atomic E-state index is 17.1. The number of benzene rings is 1. The van der Waals surface area contributed by atoms with E-state index in [1.807, 2.05) is 0 Å². The number of carbonyl (C=O) groups excluding carboxylic acids is 3. The molecule has 5 heterocycles. The van der Waals surface area contributed by atoms with Crippen LogP contribution in [0.15, 0.2) is 17.6 Å². The first-order valence-electron chi connectivity index (χ1n) is 17.8. The quantitative estimate of drug-likeness (QED) is 0.143. The lowest BCUT2D eigenvalue weighted by molar-refractivity contribution is -0.137. The molecule has 3 aromatic heterocycles. The SMILES string of the molecule is COc1nc(N2CC3CCC(C2)N3C(=O)OC(C)(C)C)c2cc(C(F)(F)F)c(-c3csc4cnc(N(C(=O)OC(C)(C)C)C(=O)OC(C)(C)C)nc34)c(F)c2n1. The summed E-state index contributed by atoms with van der Waals surface area (Å²) >= 11 is 0.928. The highest BCUT2D eigenvalue weighted by Crippen LogP contribution is 2.47. The summed E-state index contributed by atoms with van der Waals surface area (Å²) in [6, 6.07) is -0.163. The predicted octanol–water partition coefficient (Wildman–Crippen LogP) is 8.73. The Hall–Kier alpha value is -5.07. The lowest BCUT2D eigenvalue weighted by Crippen LogP contribution is -2.57. The fraction of sp³-hybridized carbons (Fsp3) is 0.541. The van der Waals surface area contributed by atoms with Crippen LogP contribution in [0.4, 0.5) is 43.7 Å². The largest absolute Gasteiger partial charge is 0.467 e. The Morgan fingerprint density at radius 1 is 0.839 bits per heavy atom. The van der Waals surface area contributed by atoms with Crippen LogP contribution in [0.25, 0.3) is 32.2 Å². The lowest BCUT2D eigenvalue weighted by atomic mass is 9.97. The van der Waals surface area contributed by atoms with E-state index in [2.05, 4.69) is 19.9 Å². The number of anilines is 2. The Morgan fingerprint density at radius 3 is 1.93 bits per heavy atom. The molecule has 2 bridgehead atoms. The molecule has 19 heteroatoms. The highest BCUT2D eigenvalue weighted by Gasteiger charge is 2.46. The molecule has 4 aromatic rings. The molecule has 2 atom stereocenters. The maximum Gasteiger partial charge on any atom is 0.427 e. The molecular weight excluding hydrogens is 763 g/mol. The van der Waals surface area contributed by atoms with Gasteiger partial charge >= 0.3 is 30.5 Å². The first kappa shape index (κ1) is 40.6. The number of fused-ring (bicyclic) bond motifs is 4. The van der Waals surface area contributed by atoms with Gasteiger partial charge in [-0.25, -0.2) is 28.7 Å². The summed E-state index contributed by atoms with van der Waals surface area (Å²) in [6.45, 7) is 15.1. The molecule has 14 nitrogen and oxygen atoms in total. The zero-order valence-electron chi connectivity index (χ0n) is 32.6. The summed E-state index contributed by atoms with van der Waals surface area (Å²) in [5.74, 6) is -1.89. The van der Waals surface area contributed by atoms with Crippen molar-refractivity contribution in [3.05, 3.63) is 29.0 Å². The summed E-state index contributed by atoms with van der Waals surface area (Å²) in [5, 5.41) is 1.06. The number of amides is 3. The number of ether oxygens (including phenoxy) is 4. The minimum absolute atomic E-state index is 0.00805. The highest BCUT2D eigenvalue weighted by molar-refractivity contribution is 7.17. The number of thiophene rings is 1. The molecule has 0 radical (unpaired) electrons. The second kappa shape index (κ2) is 14.1. The summed E-state index contributed by atoms with van der Waals surface area (Å²) in [6.07, 6.45) is -5.53. The van der Waals surface area contributed by atoms with Crippen LogP contribution in [0.1, 0.15) is 80.7 Å². The Labute approximate surface area is 324 Å². The standard InChI is InChI=1S/C37H43F4N7O7S/c1-34(2,3)53-31(49)47-18-11-12-19(47)16-46(15-18)28-20-13-22(37(39,40)41)24(25(38)27(20)44-30(45-28)52-10)21-17-56-23-14-42-29(43-26(21)23)48(32(50)54-35(4,5)6)33(51)55-36(7,8)9/h13-14,17-19H,11-12,15-16H2,1-10H3. The van der Waals surface area contributed by atoms with Crippen molar-refractivity contribution >= 4 is 62.5 Å². The van der Waals surface area contributed by atoms with Gasteiger partial charge in [0, 0.05) is 35.0 Å². The number of halogens is 4. The molecule has 3 amide bonds. The average Bonchev–Trinajstić information content (AvgIpc) is 3.58. The van der Waals surface area contributed by atoms with E-state index in [4.69, 9.17) is 18.9 Å². The van der Waals surface area contributed by atoms with Gasteiger partial charge in [0.25, 0.3) is 0 Å². The first-order chi connectivity index (χ1) is 25.8. The second-order valence-corrected chi connectivity index (χ2v) is 17.5. The zero-order valence-corrected chi connectivity index (χ0v) is 33.4. The third kappa shape index (κ3) is 8.22. The number of rotatable bonds is 4. The van der Waals surface area contributed by atoms with E-state index in [1.54, 1.807) is 72.1 Å². The monoisotopic (exact) mass is 805 g/mol. The summed E-state index contributed by atoms with van der Waals surface area (Å²) in [7, 11) is 1.25. The molecule has 0 saturated carbocycles. The molecule has 56 heavy (non-hydrogen) atoms. The molecule has 1 aromatic carbocycles. The normalized spacial score (nSPS) is 17.7. The number of aromatic nitrogens is 4. The number of hydrogen-bond donors (Lipinski definition) is 0. The average molecular weight is 806 g/mol. The number of methoxy groups -OCH3 is 1. The van der Waals surface area contributed by atoms with Crippen molar-refractivity contribution in [1.82, 2.24) is 24.8 Å². The second-order valence-electron chi connectivity index (χ2n) is 16.5. The van der Waals surface area contributed by atoms with E-state index in [1.165, 1.54) is 18.7 Å². The van der Waals surface area contributed by atoms with Gasteiger partial charge in [0.15, 0.2) is 5.82 Å². The fourth-order valence-electron chi connectivity index (χ4n) is 6.66. The van der Waals surface area contributed by atoms with Crippen LogP contribution in [0.2, 0.25) is 0 Å². The van der Waals surface area contributed by atoms with Gasteiger partial charge in [0.05, 0.1) is 41.2 Å². The van der Waals surface area contributed by atoms with Crippen LogP contribution < -0.4 is 14.5 Å². The Balaban J connectivity index is 1.49. The van der Waals surface area contributed by atoms with Crippen molar-refractivity contribution < 1.29 is 50.9 Å². The molecule has 0 aliphatic carbocycles. The van der Waals surface area contributed by atoms with Crippen molar-refractivity contribution in [2.45, 2.75) is 110 Å². The van der Waals surface area contributed by atoms with E-state index >= 15 is 17.6 Å². The van der Waals surface area contributed by atoms with Gasteiger partial charge in [-0.05, 0) is 81.2 Å².